The van der Waals surface area contributed by atoms with Crippen LogP contribution in [0, 0.1) is 22.7 Å². The van der Waals surface area contributed by atoms with Gasteiger partial charge in [0.15, 0.2) is 11.9 Å². The van der Waals surface area contributed by atoms with E-state index in [1.807, 2.05) is 51.1 Å². The van der Waals surface area contributed by atoms with Crippen LogP contribution in [0.3, 0.4) is 0 Å². The maximum atomic E-state index is 13.1. The fraction of sp³-hybridized carbons (Fsp3) is 0.516. The highest BCUT2D eigenvalue weighted by atomic mass is 16.6. The van der Waals surface area contributed by atoms with Crippen molar-refractivity contribution in [2.24, 2.45) is 22.7 Å². The summed E-state index contributed by atoms with van der Waals surface area (Å²) in [4.78, 5) is 37.9. The van der Waals surface area contributed by atoms with Crippen molar-refractivity contribution in [1.82, 2.24) is 0 Å². The molecule has 7 atom stereocenters. The van der Waals surface area contributed by atoms with Crippen LogP contribution in [0.4, 0.5) is 0 Å². The van der Waals surface area contributed by atoms with Crippen LogP contribution in [0.5, 0.6) is 0 Å². The molecule has 0 radical (unpaired) electrons. The Morgan fingerprint density at radius 2 is 1.76 bits per heavy atom. The molecule has 0 spiro atoms. The van der Waals surface area contributed by atoms with Gasteiger partial charge in [-0.15, -0.1) is 0 Å². The van der Waals surface area contributed by atoms with Gasteiger partial charge in [0.25, 0.3) is 0 Å². The summed E-state index contributed by atoms with van der Waals surface area (Å²) in [5.74, 6) is -2.44. The zero-order valence-corrected chi connectivity index (χ0v) is 22.8. The minimum absolute atomic E-state index is 0.122. The van der Waals surface area contributed by atoms with E-state index in [1.165, 1.54) is 13.0 Å². The third kappa shape index (κ3) is 4.78. The first-order valence-electron chi connectivity index (χ1n) is 13.2. The topological polar surface area (TPSA) is 110 Å². The molecule has 1 aromatic rings. The zero-order valence-electron chi connectivity index (χ0n) is 22.8. The number of hydrogen-bond acceptors (Lipinski definition) is 7. The SMILES string of the molecule is C=C1[C@@H](OC(=O)/C=C/c2ccccc2)CC[C@@]2(C)[C@@H](O)[C@H](OC(C)=O)C3=C(C)C(=O)C[C@@H]([C@@H](O)[C@H]12)C3(C)C. The number of hydrogen-bond donors (Lipinski definition) is 2. The van der Waals surface area contributed by atoms with E-state index in [-0.39, 0.29) is 12.2 Å². The second kappa shape index (κ2) is 10.3. The molecule has 2 fully saturated rings. The average Bonchev–Trinajstić information content (AvgIpc) is 2.85. The Kier molecular flexibility index (Phi) is 7.56. The summed E-state index contributed by atoms with van der Waals surface area (Å²) >= 11 is 0. The van der Waals surface area contributed by atoms with Crippen LogP contribution in [0.25, 0.3) is 6.08 Å². The zero-order chi connectivity index (χ0) is 28.0. The van der Waals surface area contributed by atoms with Gasteiger partial charge in [0.05, 0.1) is 6.10 Å². The number of carbonyl (C=O) groups excluding carboxylic acids is 3. The van der Waals surface area contributed by atoms with Gasteiger partial charge in [-0.25, -0.2) is 4.79 Å². The maximum Gasteiger partial charge on any atom is 0.331 e. The minimum Gasteiger partial charge on any atom is -0.455 e. The Balaban J connectivity index is 1.70. The Hall–Kier alpha value is -3.03. The molecule has 4 rings (SSSR count). The summed E-state index contributed by atoms with van der Waals surface area (Å²) in [6.07, 6.45) is -0.0437. The Labute approximate surface area is 224 Å². The summed E-state index contributed by atoms with van der Waals surface area (Å²) in [6, 6.07) is 9.38. The van der Waals surface area contributed by atoms with E-state index in [0.29, 0.717) is 29.6 Å². The van der Waals surface area contributed by atoms with Crippen molar-refractivity contribution in [3.63, 3.8) is 0 Å². The van der Waals surface area contributed by atoms with Crippen LogP contribution >= 0.6 is 0 Å². The molecule has 3 aliphatic rings. The minimum atomic E-state index is -1.21. The summed E-state index contributed by atoms with van der Waals surface area (Å²) in [5.41, 5.74) is 0.689. The van der Waals surface area contributed by atoms with Gasteiger partial charge in [-0.2, -0.15) is 0 Å². The second-order valence-corrected chi connectivity index (χ2v) is 11.7. The van der Waals surface area contributed by atoms with E-state index >= 15 is 0 Å². The summed E-state index contributed by atoms with van der Waals surface area (Å²) in [6.45, 7) is 12.9. The lowest BCUT2D eigenvalue weighted by atomic mass is 9.49. The lowest BCUT2D eigenvalue weighted by Gasteiger charge is -2.58. The number of aliphatic hydroxyl groups is 2. The molecule has 0 aromatic heterocycles. The number of esters is 2. The normalized spacial score (nSPS) is 34.8. The quantitative estimate of drug-likeness (QED) is 0.347. The lowest BCUT2D eigenvalue weighted by Crippen LogP contribution is -2.62. The molecule has 3 aliphatic carbocycles. The number of allylic oxidation sites excluding steroid dienone is 1. The first-order chi connectivity index (χ1) is 17.8. The summed E-state index contributed by atoms with van der Waals surface area (Å²) in [5, 5.41) is 23.7. The molecule has 204 valence electrons. The van der Waals surface area contributed by atoms with Crippen molar-refractivity contribution in [2.45, 2.75) is 78.3 Å². The third-order valence-electron chi connectivity index (χ3n) is 9.08. The van der Waals surface area contributed by atoms with Gasteiger partial charge < -0.3 is 19.7 Å². The third-order valence-corrected chi connectivity index (χ3v) is 9.08. The number of ether oxygens (including phenoxy) is 2. The largest absolute Gasteiger partial charge is 0.455 e. The monoisotopic (exact) mass is 522 g/mol. The molecule has 1 aromatic carbocycles. The van der Waals surface area contributed by atoms with Crippen LogP contribution < -0.4 is 0 Å². The van der Waals surface area contributed by atoms with Gasteiger partial charge in [0.1, 0.15) is 12.2 Å². The highest BCUT2D eigenvalue weighted by molar-refractivity contribution is 5.97. The predicted octanol–water partition coefficient (Wildman–Crippen LogP) is 4.18. The number of fused-ring (bicyclic) bond motifs is 3. The summed E-state index contributed by atoms with van der Waals surface area (Å²) in [7, 11) is 0. The van der Waals surface area contributed by atoms with Gasteiger partial charge in [0.2, 0.25) is 0 Å². The smallest absolute Gasteiger partial charge is 0.331 e. The van der Waals surface area contributed by atoms with Gasteiger partial charge in [-0.3, -0.25) is 9.59 Å². The first kappa shape index (κ1) is 28.0. The molecule has 0 aliphatic heterocycles. The number of Topliss-reactive ketones (excluding diaryl/α,β-unsaturated/α-hetero) is 1. The van der Waals surface area contributed by atoms with Crippen molar-refractivity contribution in [3.05, 3.63) is 65.3 Å². The van der Waals surface area contributed by atoms with Crippen molar-refractivity contribution in [1.29, 1.82) is 0 Å². The highest BCUT2D eigenvalue weighted by Gasteiger charge is 2.61. The number of benzene rings is 1. The number of ketones is 1. The molecule has 2 saturated carbocycles. The molecule has 38 heavy (non-hydrogen) atoms. The van der Waals surface area contributed by atoms with Gasteiger partial charge in [-0.1, -0.05) is 57.7 Å². The Morgan fingerprint density at radius 1 is 1.11 bits per heavy atom. The number of carbonyl (C=O) groups is 3. The molecular weight excluding hydrogens is 484 g/mol. The van der Waals surface area contributed by atoms with E-state index < -0.39 is 59.0 Å². The lowest BCUT2D eigenvalue weighted by molar-refractivity contribution is -0.179. The van der Waals surface area contributed by atoms with Crippen molar-refractivity contribution in [3.8, 4) is 0 Å². The molecule has 0 saturated heterocycles. The van der Waals surface area contributed by atoms with Crippen molar-refractivity contribution < 1.29 is 34.1 Å². The second-order valence-electron chi connectivity index (χ2n) is 11.7. The Bertz CT molecular complexity index is 1190. The van der Waals surface area contributed by atoms with E-state index in [1.54, 1.807) is 13.0 Å². The molecule has 2 N–H and O–H groups in total. The summed E-state index contributed by atoms with van der Waals surface area (Å²) < 4.78 is 11.5. The van der Waals surface area contributed by atoms with Gasteiger partial charge in [0, 0.05) is 36.7 Å². The number of rotatable bonds is 4. The molecule has 7 nitrogen and oxygen atoms in total. The number of aliphatic hydroxyl groups excluding tert-OH is 2. The molecule has 7 heteroatoms. The van der Waals surface area contributed by atoms with Crippen LogP contribution in [0.15, 0.2) is 59.7 Å². The van der Waals surface area contributed by atoms with Crippen LogP contribution in [-0.2, 0) is 23.9 Å². The fourth-order valence-electron chi connectivity index (χ4n) is 7.00. The molecule has 2 bridgehead atoms. The van der Waals surface area contributed by atoms with E-state index in [0.717, 1.165) is 5.56 Å². The van der Waals surface area contributed by atoms with Gasteiger partial charge >= 0.3 is 11.9 Å². The molecular formula is C31H38O7. The molecule has 0 amide bonds. The van der Waals surface area contributed by atoms with Crippen molar-refractivity contribution in [2.75, 3.05) is 0 Å². The Morgan fingerprint density at radius 3 is 2.39 bits per heavy atom. The van der Waals surface area contributed by atoms with Crippen LogP contribution in [0.2, 0.25) is 0 Å². The van der Waals surface area contributed by atoms with E-state index in [4.69, 9.17) is 9.47 Å². The maximum absolute atomic E-state index is 13.1. The predicted molar refractivity (Wildman–Crippen MR) is 142 cm³/mol. The van der Waals surface area contributed by atoms with Gasteiger partial charge in [-0.05, 0) is 53.5 Å². The fourth-order valence-corrected chi connectivity index (χ4v) is 7.00. The molecule has 0 unspecified atom stereocenters. The highest BCUT2D eigenvalue weighted by Crippen LogP contribution is 2.59. The van der Waals surface area contributed by atoms with Crippen LogP contribution in [-0.4, -0.2) is 52.4 Å². The van der Waals surface area contributed by atoms with E-state index in [9.17, 15) is 24.6 Å². The van der Waals surface area contributed by atoms with Crippen LogP contribution in [0.1, 0.15) is 59.4 Å². The average molecular weight is 523 g/mol. The van der Waals surface area contributed by atoms with Crippen molar-refractivity contribution >= 4 is 23.8 Å². The standard InChI is InChI=1S/C31H38O7/c1-17-22(33)16-21-27(35)25-18(2)23(38-24(34)13-12-20-10-8-7-9-11-20)14-15-31(25,6)29(36)28(37-19(3)32)26(17)30(21,4)5/h7-13,21,23,25,27-29,35-36H,2,14-16H2,1,3-6H3/b13-12+/t21-,23-,25-,27+,28+,29-,31+/m0/s1. The molecule has 0 heterocycles. The van der Waals surface area contributed by atoms with E-state index in [2.05, 4.69) is 6.58 Å². The first-order valence-corrected chi connectivity index (χ1v) is 13.2.